The Bertz CT molecular complexity index is 343. The van der Waals surface area contributed by atoms with Crippen LogP contribution in [0.5, 0.6) is 0 Å². The summed E-state index contributed by atoms with van der Waals surface area (Å²) in [5, 5.41) is 11.1. The van der Waals surface area contributed by atoms with Crippen molar-refractivity contribution in [3.63, 3.8) is 0 Å². The Labute approximate surface area is 113 Å². The van der Waals surface area contributed by atoms with Gasteiger partial charge >= 0.3 is 0 Å². The molecular formula is C14H18Cl2O. The van der Waals surface area contributed by atoms with E-state index in [9.17, 15) is 5.11 Å². The third kappa shape index (κ3) is 4.71. The van der Waals surface area contributed by atoms with Crippen molar-refractivity contribution >= 4 is 23.2 Å². The number of benzene rings is 1. The molecule has 0 heterocycles. The Morgan fingerprint density at radius 1 is 1.18 bits per heavy atom. The molecule has 1 rings (SSSR count). The highest BCUT2D eigenvalue weighted by atomic mass is 35.5. The molecule has 3 heteroatoms. The topological polar surface area (TPSA) is 20.2 Å². The Morgan fingerprint density at radius 3 is 2.41 bits per heavy atom. The van der Waals surface area contributed by atoms with Crippen LogP contribution in [0.3, 0.4) is 0 Å². The minimum Gasteiger partial charge on any atom is -0.388 e. The molecule has 1 N–H and O–H groups in total. The molecule has 17 heavy (non-hydrogen) atoms. The summed E-state index contributed by atoms with van der Waals surface area (Å²) < 4.78 is 0. The highest BCUT2D eigenvalue weighted by molar-refractivity contribution is 6.36. The molecule has 1 unspecified atom stereocenters. The van der Waals surface area contributed by atoms with Gasteiger partial charge in [0, 0.05) is 15.6 Å². The predicted octanol–water partition coefficient (Wildman–Crippen LogP) is 5.16. The predicted molar refractivity (Wildman–Crippen MR) is 74.7 cm³/mol. The summed E-state index contributed by atoms with van der Waals surface area (Å²) in [5.41, 5.74) is 0.652. The van der Waals surface area contributed by atoms with E-state index in [1.165, 1.54) is 0 Å². The zero-order chi connectivity index (χ0) is 12.7. The van der Waals surface area contributed by atoms with E-state index >= 15 is 0 Å². The van der Waals surface area contributed by atoms with Crippen molar-refractivity contribution in [2.24, 2.45) is 0 Å². The summed E-state index contributed by atoms with van der Waals surface area (Å²) in [6.07, 6.45) is 6.25. The lowest BCUT2D eigenvalue weighted by Gasteiger charge is -2.14. The fourth-order valence-corrected chi connectivity index (χ4v) is 2.43. The molecule has 0 bridgehead atoms. The molecule has 0 fully saturated rings. The minimum atomic E-state index is -0.570. The molecule has 0 saturated carbocycles. The van der Waals surface area contributed by atoms with Crippen LogP contribution in [-0.2, 0) is 0 Å². The van der Waals surface area contributed by atoms with Gasteiger partial charge in [-0.25, -0.2) is 0 Å². The first-order valence-corrected chi connectivity index (χ1v) is 6.65. The van der Waals surface area contributed by atoms with Crippen LogP contribution >= 0.6 is 23.2 Å². The fraction of sp³-hybridized carbons (Fsp3) is 0.429. The van der Waals surface area contributed by atoms with Crippen molar-refractivity contribution in [1.82, 2.24) is 0 Å². The molecule has 94 valence electrons. The third-order valence-electron chi connectivity index (χ3n) is 2.72. The van der Waals surface area contributed by atoms with Crippen molar-refractivity contribution in [2.45, 2.75) is 38.2 Å². The van der Waals surface area contributed by atoms with Gasteiger partial charge in [-0.05, 0) is 31.4 Å². The quantitative estimate of drug-likeness (QED) is 0.537. The maximum atomic E-state index is 10.0. The van der Waals surface area contributed by atoms with Crippen molar-refractivity contribution < 1.29 is 5.11 Å². The zero-order valence-corrected chi connectivity index (χ0v) is 11.3. The number of rotatable bonds is 7. The van der Waals surface area contributed by atoms with Gasteiger partial charge < -0.3 is 5.11 Å². The van der Waals surface area contributed by atoms with Gasteiger partial charge in [0.15, 0.2) is 0 Å². The van der Waals surface area contributed by atoms with Crippen LogP contribution in [0.2, 0.25) is 10.0 Å². The van der Waals surface area contributed by atoms with Gasteiger partial charge in [-0.1, -0.05) is 48.2 Å². The molecule has 0 radical (unpaired) electrons. The second-order valence-corrected chi connectivity index (χ2v) is 4.89. The van der Waals surface area contributed by atoms with E-state index in [0.29, 0.717) is 22.0 Å². The SMILES string of the molecule is C=CCCCCCC(O)c1c(Cl)cccc1Cl. The monoisotopic (exact) mass is 272 g/mol. The molecule has 0 aromatic heterocycles. The molecular weight excluding hydrogens is 255 g/mol. The number of allylic oxidation sites excluding steroid dienone is 1. The second kappa shape index (κ2) is 7.75. The number of aliphatic hydroxyl groups is 1. The highest BCUT2D eigenvalue weighted by Crippen LogP contribution is 2.32. The van der Waals surface area contributed by atoms with Crippen LogP contribution in [-0.4, -0.2) is 5.11 Å². The third-order valence-corrected chi connectivity index (χ3v) is 3.38. The molecule has 0 spiro atoms. The van der Waals surface area contributed by atoms with E-state index in [1.54, 1.807) is 18.2 Å². The molecule has 0 amide bonds. The Morgan fingerprint density at radius 2 is 1.82 bits per heavy atom. The average Bonchev–Trinajstić information content (AvgIpc) is 2.28. The summed E-state index contributed by atoms with van der Waals surface area (Å²) in [6.45, 7) is 3.68. The standard InChI is InChI=1S/C14H18Cl2O/c1-2-3-4-5-6-10-13(17)14-11(15)8-7-9-12(14)16/h2,7-9,13,17H,1,3-6,10H2. The molecule has 1 nitrogen and oxygen atoms in total. The summed E-state index contributed by atoms with van der Waals surface area (Å²) in [4.78, 5) is 0. The van der Waals surface area contributed by atoms with Crippen molar-refractivity contribution in [1.29, 1.82) is 0 Å². The maximum Gasteiger partial charge on any atom is 0.0819 e. The first-order chi connectivity index (χ1) is 8.16. The number of halogens is 2. The van der Waals surface area contributed by atoms with E-state index in [0.717, 1.165) is 25.7 Å². The van der Waals surface area contributed by atoms with Gasteiger partial charge in [-0.2, -0.15) is 0 Å². The van der Waals surface area contributed by atoms with Crippen molar-refractivity contribution in [3.05, 3.63) is 46.5 Å². The van der Waals surface area contributed by atoms with Gasteiger partial charge in [0.05, 0.1) is 6.10 Å². The minimum absolute atomic E-state index is 0.538. The van der Waals surface area contributed by atoms with Gasteiger partial charge in [0.2, 0.25) is 0 Å². The van der Waals surface area contributed by atoms with Crippen LogP contribution in [0.25, 0.3) is 0 Å². The molecule has 0 aliphatic rings. The van der Waals surface area contributed by atoms with E-state index in [-0.39, 0.29) is 0 Å². The zero-order valence-electron chi connectivity index (χ0n) is 9.83. The molecule has 1 aromatic rings. The Kier molecular flexibility index (Phi) is 6.64. The number of aliphatic hydroxyl groups excluding tert-OH is 1. The second-order valence-electron chi connectivity index (χ2n) is 4.08. The van der Waals surface area contributed by atoms with Gasteiger partial charge in [0.25, 0.3) is 0 Å². The fourth-order valence-electron chi connectivity index (χ4n) is 1.78. The smallest absolute Gasteiger partial charge is 0.0819 e. The summed E-state index contributed by atoms with van der Waals surface area (Å²) in [6, 6.07) is 5.29. The van der Waals surface area contributed by atoms with E-state index in [4.69, 9.17) is 23.2 Å². The lowest BCUT2D eigenvalue weighted by molar-refractivity contribution is 0.163. The van der Waals surface area contributed by atoms with Crippen LogP contribution in [0.1, 0.15) is 43.8 Å². The van der Waals surface area contributed by atoms with E-state index < -0.39 is 6.10 Å². The van der Waals surface area contributed by atoms with Crippen molar-refractivity contribution in [2.75, 3.05) is 0 Å². The van der Waals surface area contributed by atoms with E-state index in [1.807, 2.05) is 6.08 Å². The van der Waals surface area contributed by atoms with Crippen LogP contribution in [0, 0.1) is 0 Å². The maximum absolute atomic E-state index is 10.0. The Hall–Kier alpha value is -0.500. The van der Waals surface area contributed by atoms with Gasteiger partial charge in [0.1, 0.15) is 0 Å². The van der Waals surface area contributed by atoms with Crippen LogP contribution in [0.4, 0.5) is 0 Å². The van der Waals surface area contributed by atoms with Gasteiger partial charge in [-0.3, -0.25) is 0 Å². The molecule has 1 aromatic carbocycles. The van der Waals surface area contributed by atoms with Crippen molar-refractivity contribution in [3.8, 4) is 0 Å². The van der Waals surface area contributed by atoms with Crippen LogP contribution in [0.15, 0.2) is 30.9 Å². The summed E-state index contributed by atoms with van der Waals surface area (Å²) in [5.74, 6) is 0. The number of hydrogen-bond acceptors (Lipinski definition) is 1. The number of hydrogen-bond donors (Lipinski definition) is 1. The lowest BCUT2D eigenvalue weighted by Crippen LogP contribution is -1.99. The van der Waals surface area contributed by atoms with E-state index in [2.05, 4.69) is 6.58 Å². The first kappa shape index (κ1) is 14.6. The summed E-state index contributed by atoms with van der Waals surface area (Å²) in [7, 11) is 0. The molecule has 0 aliphatic carbocycles. The van der Waals surface area contributed by atoms with Gasteiger partial charge in [-0.15, -0.1) is 6.58 Å². The summed E-state index contributed by atoms with van der Waals surface area (Å²) >= 11 is 12.1. The molecule has 0 aliphatic heterocycles. The highest BCUT2D eigenvalue weighted by Gasteiger charge is 2.14. The Balaban J connectivity index is 2.46. The molecule has 1 atom stereocenters. The average molecular weight is 273 g/mol. The lowest BCUT2D eigenvalue weighted by atomic mass is 10.0. The molecule has 0 saturated heterocycles. The first-order valence-electron chi connectivity index (χ1n) is 5.89. The van der Waals surface area contributed by atoms with Crippen LogP contribution < -0.4 is 0 Å². The largest absolute Gasteiger partial charge is 0.388 e. The normalized spacial score (nSPS) is 12.4. The number of unbranched alkanes of at least 4 members (excludes halogenated alkanes) is 3.